The highest BCUT2D eigenvalue weighted by atomic mass is 19.1. The number of rotatable bonds is 1. The molecule has 1 aliphatic carbocycles. The molecule has 1 aliphatic rings. The van der Waals surface area contributed by atoms with Gasteiger partial charge in [-0.15, -0.1) is 10.2 Å². The first-order valence-electron chi connectivity index (χ1n) is 5.71. The van der Waals surface area contributed by atoms with Crippen LogP contribution >= 0.6 is 0 Å². The molecular formula is C11H13FN4. The van der Waals surface area contributed by atoms with Crippen LogP contribution in [0, 0.1) is 5.95 Å². The lowest BCUT2D eigenvalue weighted by Crippen LogP contribution is -2.08. The van der Waals surface area contributed by atoms with Gasteiger partial charge in [0.25, 0.3) is 5.95 Å². The molecule has 2 aromatic heterocycles. The van der Waals surface area contributed by atoms with Crippen molar-refractivity contribution < 1.29 is 4.39 Å². The number of fused-ring (bicyclic) bond motifs is 1. The second-order valence-electron chi connectivity index (χ2n) is 4.30. The van der Waals surface area contributed by atoms with E-state index in [9.17, 15) is 4.39 Å². The van der Waals surface area contributed by atoms with Crippen LogP contribution in [0.3, 0.4) is 0 Å². The van der Waals surface area contributed by atoms with Crippen LogP contribution in [0.5, 0.6) is 0 Å². The Hall–Kier alpha value is -1.52. The third-order valence-electron chi connectivity index (χ3n) is 3.28. The SMILES string of the molecule is Fc1nccn2c(C3CCCCC3)nnc12. The van der Waals surface area contributed by atoms with Gasteiger partial charge in [0.1, 0.15) is 5.82 Å². The minimum Gasteiger partial charge on any atom is -0.281 e. The number of hydrogen-bond donors (Lipinski definition) is 0. The molecule has 0 unspecified atom stereocenters. The highest BCUT2D eigenvalue weighted by Gasteiger charge is 2.21. The molecule has 0 bridgehead atoms. The maximum Gasteiger partial charge on any atom is 0.258 e. The van der Waals surface area contributed by atoms with Gasteiger partial charge in [0.05, 0.1) is 0 Å². The monoisotopic (exact) mass is 220 g/mol. The summed E-state index contributed by atoms with van der Waals surface area (Å²) in [6, 6.07) is 0. The quantitative estimate of drug-likeness (QED) is 0.740. The first-order valence-corrected chi connectivity index (χ1v) is 5.71. The predicted molar refractivity (Wildman–Crippen MR) is 56.6 cm³/mol. The second kappa shape index (κ2) is 3.81. The van der Waals surface area contributed by atoms with Gasteiger partial charge in [0.15, 0.2) is 0 Å². The smallest absolute Gasteiger partial charge is 0.258 e. The van der Waals surface area contributed by atoms with Gasteiger partial charge in [-0.25, -0.2) is 4.98 Å². The maximum absolute atomic E-state index is 13.3. The van der Waals surface area contributed by atoms with Crippen LogP contribution in [0.4, 0.5) is 4.39 Å². The van der Waals surface area contributed by atoms with Crippen molar-refractivity contribution in [3.8, 4) is 0 Å². The summed E-state index contributed by atoms with van der Waals surface area (Å²) >= 11 is 0. The molecule has 2 heterocycles. The van der Waals surface area contributed by atoms with Crippen molar-refractivity contribution in [1.29, 1.82) is 0 Å². The van der Waals surface area contributed by atoms with Crippen molar-refractivity contribution in [3.05, 3.63) is 24.2 Å². The Morgan fingerprint density at radius 2 is 2.00 bits per heavy atom. The molecule has 0 saturated heterocycles. The van der Waals surface area contributed by atoms with E-state index in [4.69, 9.17) is 0 Å². The Balaban J connectivity index is 2.06. The van der Waals surface area contributed by atoms with E-state index in [1.165, 1.54) is 25.5 Å². The molecule has 0 N–H and O–H groups in total. The fourth-order valence-electron chi connectivity index (χ4n) is 2.45. The molecule has 2 aromatic rings. The lowest BCUT2D eigenvalue weighted by Gasteiger charge is -2.19. The van der Waals surface area contributed by atoms with Crippen LogP contribution in [0.15, 0.2) is 12.4 Å². The number of hydrogen-bond acceptors (Lipinski definition) is 3. The highest BCUT2D eigenvalue weighted by molar-refractivity contribution is 5.36. The standard InChI is InChI=1S/C11H13FN4/c12-9-11-15-14-10(16(11)7-6-13-9)8-4-2-1-3-5-8/h6-8H,1-5H2. The van der Waals surface area contributed by atoms with Crippen LogP contribution in [0.1, 0.15) is 43.8 Å². The Bertz CT molecular complexity index is 502. The highest BCUT2D eigenvalue weighted by Crippen LogP contribution is 2.31. The summed E-state index contributed by atoms with van der Waals surface area (Å²) in [4.78, 5) is 3.58. The zero-order chi connectivity index (χ0) is 11.0. The molecule has 0 aliphatic heterocycles. The van der Waals surface area contributed by atoms with E-state index in [1.807, 2.05) is 0 Å². The molecule has 4 nitrogen and oxygen atoms in total. The third-order valence-corrected chi connectivity index (χ3v) is 3.28. The summed E-state index contributed by atoms with van der Waals surface area (Å²) in [5.41, 5.74) is 0.239. The van der Waals surface area contributed by atoms with E-state index in [-0.39, 0.29) is 5.65 Å². The first-order chi connectivity index (χ1) is 7.86. The van der Waals surface area contributed by atoms with Crippen LogP contribution in [0.25, 0.3) is 5.65 Å². The van der Waals surface area contributed by atoms with Gasteiger partial charge in [-0.05, 0) is 12.8 Å². The molecule has 1 saturated carbocycles. The Kier molecular flexibility index (Phi) is 2.31. The summed E-state index contributed by atoms with van der Waals surface area (Å²) in [6.45, 7) is 0. The molecule has 0 amide bonds. The zero-order valence-electron chi connectivity index (χ0n) is 8.93. The third kappa shape index (κ3) is 1.47. The van der Waals surface area contributed by atoms with E-state index in [0.717, 1.165) is 18.7 Å². The van der Waals surface area contributed by atoms with Gasteiger partial charge in [-0.2, -0.15) is 4.39 Å². The van der Waals surface area contributed by atoms with Gasteiger partial charge in [0, 0.05) is 18.3 Å². The van der Waals surface area contributed by atoms with Gasteiger partial charge < -0.3 is 0 Å². The largest absolute Gasteiger partial charge is 0.281 e. The molecule has 0 atom stereocenters. The van der Waals surface area contributed by atoms with Gasteiger partial charge in [0.2, 0.25) is 5.65 Å². The summed E-state index contributed by atoms with van der Waals surface area (Å²) < 4.78 is 15.1. The number of aromatic nitrogens is 4. The van der Waals surface area contributed by atoms with Gasteiger partial charge in [-0.1, -0.05) is 19.3 Å². The summed E-state index contributed by atoms with van der Waals surface area (Å²) in [6.07, 6.45) is 9.21. The molecule has 3 rings (SSSR count). The molecule has 1 fully saturated rings. The van der Waals surface area contributed by atoms with Crippen LogP contribution in [-0.2, 0) is 0 Å². The zero-order valence-corrected chi connectivity index (χ0v) is 8.93. The van der Waals surface area contributed by atoms with Crippen molar-refractivity contribution in [3.63, 3.8) is 0 Å². The summed E-state index contributed by atoms with van der Waals surface area (Å²) in [5, 5.41) is 7.98. The molecule has 0 aromatic carbocycles. The molecular weight excluding hydrogens is 207 g/mol. The van der Waals surface area contributed by atoms with Crippen LogP contribution in [0.2, 0.25) is 0 Å². The number of halogens is 1. The minimum absolute atomic E-state index is 0.239. The van der Waals surface area contributed by atoms with Gasteiger partial charge >= 0.3 is 0 Å². The molecule has 0 spiro atoms. The Morgan fingerprint density at radius 1 is 1.19 bits per heavy atom. The minimum atomic E-state index is -0.544. The van der Waals surface area contributed by atoms with Crippen LogP contribution in [-0.4, -0.2) is 19.6 Å². The molecule has 84 valence electrons. The summed E-state index contributed by atoms with van der Waals surface area (Å²) in [5.74, 6) is 0.763. The van der Waals surface area contributed by atoms with E-state index in [0.29, 0.717) is 5.92 Å². The topological polar surface area (TPSA) is 43.1 Å². The second-order valence-corrected chi connectivity index (χ2v) is 4.30. The maximum atomic E-state index is 13.3. The fourth-order valence-corrected chi connectivity index (χ4v) is 2.45. The molecule has 0 radical (unpaired) electrons. The first kappa shape index (κ1) is 9.69. The van der Waals surface area contributed by atoms with Crippen molar-refractivity contribution >= 4 is 5.65 Å². The van der Waals surface area contributed by atoms with Crippen molar-refractivity contribution in [2.24, 2.45) is 0 Å². The lowest BCUT2D eigenvalue weighted by molar-refractivity contribution is 0.426. The van der Waals surface area contributed by atoms with Crippen LogP contribution < -0.4 is 0 Å². The molecule has 16 heavy (non-hydrogen) atoms. The predicted octanol–water partition coefficient (Wildman–Crippen LogP) is 2.31. The van der Waals surface area contributed by atoms with Crippen molar-refractivity contribution in [2.75, 3.05) is 0 Å². The summed E-state index contributed by atoms with van der Waals surface area (Å²) in [7, 11) is 0. The van der Waals surface area contributed by atoms with E-state index >= 15 is 0 Å². The number of nitrogens with zero attached hydrogens (tertiary/aromatic N) is 4. The average Bonchev–Trinajstić information content (AvgIpc) is 2.75. The fraction of sp³-hybridized carbons (Fsp3) is 0.545. The lowest BCUT2D eigenvalue weighted by atomic mass is 9.89. The molecule has 5 heteroatoms. The van der Waals surface area contributed by atoms with E-state index in [2.05, 4.69) is 15.2 Å². The van der Waals surface area contributed by atoms with E-state index < -0.39 is 5.95 Å². The Labute approximate surface area is 92.5 Å². The van der Waals surface area contributed by atoms with Gasteiger partial charge in [-0.3, -0.25) is 4.40 Å². The average molecular weight is 220 g/mol. The van der Waals surface area contributed by atoms with Crippen molar-refractivity contribution in [1.82, 2.24) is 19.6 Å². The Morgan fingerprint density at radius 3 is 2.81 bits per heavy atom. The normalized spacial score (nSPS) is 18.1. The van der Waals surface area contributed by atoms with Crippen molar-refractivity contribution in [2.45, 2.75) is 38.0 Å². The van der Waals surface area contributed by atoms with E-state index in [1.54, 1.807) is 10.6 Å².